The third kappa shape index (κ3) is 7.49. The number of aliphatic carboxylic acids is 1. The number of amides is 3. The molecule has 3 aliphatic heterocycles. The van der Waals surface area contributed by atoms with Crippen LogP contribution in [0.1, 0.15) is 70.6 Å². The average molecular weight is 709 g/mol. The maximum Gasteiger partial charge on any atom is 0.330 e. The van der Waals surface area contributed by atoms with Gasteiger partial charge in [0.15, 0.2) is 0 Å². The first-order valence-electron chi connectivity index (χ1n) is 18.8. The molecule has 11 heteroatoms. The number of nitrogens with one attached hydrogen (secondary N) is 1. The molecule has 52 heavy (non-hydrogen) atoms. The molecule has 11 nitrogen and oxygen atoms in total. The second-order valence-electron chi connectivity index (χ2n) is 14.7. The number of allylic oxidation sites excluding steroid dienone is 1. The lowest BCUT2D eigenvalue weighted by molar-refractivity contribution is -0.147. The predicted octanol–water partition coefficient (Wildman–Crippen LogP) is 5.76. The summed E-state index contributed by atoms with van der Waals surface area (Å²) in [6.07, 6.45) is 10.8. The number of piperidine rings is 1. The van der Waals surface area contributed by atoms with Crippen molar-refractivity contribution in [2.75, 3.05) is 26.7 Å². The van der Waals surface area contributed by atoms with Crippen LogP contribution in [-0.4, -0.2) is 88.0 Å². The van der Waals surface area contributed by atoms with Crippen molar-refractivity contribution in [1.82, 2.24) is 20.1 Å². The zero-order valence-corrected chi connectivity index (χ0v) is 29.8. The molecule has 1 aliphatic carbocycles. The van der Waals surface area contributed by atoms with E-state index in [0.29, 0.717) is 48.6 Å². The van der Waals surface area contributed by atoms with Crippen molar-refractivity contribution >= 4 is 34.6 Å². The summed E-state index contributed by atoms with van der Waals surface area (Å²) in [6, 6.07) is 16.2. The number of hydrogen-bond acceptors (Lipinski definition) is 7. The molecule has 3 amide bonds. The molecular formula is C41H48N4O7. The van der Waals surface area contributed by atoms with Crippen molar-refractivity contribution in [3.63, 3.8) is 0 Å². The fourth-order valence-electron chi connectivity index (χ4n) is 8.10. The van der Waals surface area contributed by atoms with Crippen molar-refractivity contribution in [2.24, 2.45) is 11.8 Å². The third-order valence-electron chi connectivity index (χ3n) is 11.2. The maximum atomic E-state index is 14.6. The summed E-state index contributed by atoms with van der Waals surface area (Å²) >= 11 is 0. The van der Waals surface area contributed by atoms with E-state index in [-0.39, 0.29) is 37.1 Å². The van der Waals surface area contributed by atoms with E-state index in [1.54, 1.807) is 12.0 Å². The number of nitrogens with zero attached hydrogens (tertiary/aromatic N) is 3. The first-order chi connectivity index (χ1) is 25.3. The van der Waals surface area contributed by atoms with Crippen LogP contribution in [0, 0.1) is 11.8 Å². The van der Waals surface area contributed by atoms with Gasteiger partial charge in [-0.1, -0.05) is 55.3 Å². The number of hydrogen-bond donors (Lipinski definition) is 2. The van der Waals surface area contributed by atoms with Gasteiger partial charge in [0.25, 0.3) is 0 Å². The molecule has 274 valence electrons. The van der Waals surface area contributed by atoms with Crippen LogP contribution in [-0.2, 0) is 19.2 Å². The molecule has 3 fully saturated rings. The Morgan fingerprint density at radius 2 is 1.79 bits per heavy atom. The number of benzene rings is 2. The van der Waals surface area contributed by atoms with Crippen LogP contribution in [0.5, 0.6) is 11.5 Å². The fourth-order valence-corrected chi connectivity index (χ4v) is 8.10. The number of carbonyl (C=O) groups excluding carboxylic acids is 3. The van der Waals surface area contributed by atoms with Crippen LogP contribution < -0.4 is 14.8 Å². The zero-order valence-electron chi connectivity index (χ0n) is 29.8. The van der Waals surface area contributed by atoms with E-state index in [4.69, 9.17) is 14.5 Å². The summed E-state index contributed by atoms with van der Waals surface area (Å²) in [5.74, 6) is -1.58. The van der Waals surface area contributed by atoms with Crippen molar-refractivity contribution in [2.45, 2.75) is 88.3 Å². The molecular weight excluding hydrogens is 660 g/mol. The average Bonchev–Trinajstić information content (AvgIpc) is 3.70. The van der Waals surface area contributed by atoms with Gasteiger partial charge in [-0.15, -0.1) is 0 Å². The molecule has 5 atom stereocenters. The number of rotatable bonds is 7. The number of fused-ring (bicyclic) bond motifs is 3. The van der Waals surface area contributed by atoms with Gasteiger partial charge in [0, 0.05) is 60.8 Å². The van der Waals surface area contributed by atoms with Gasteiger partial charge >= 0.3 is 5.97 Å². The molecule has 2 aromatic carbocycles. The molecule has 1 saturated carbocycles. The first kappa shape index (κ1) is 35.5. The van der Waals surface area contributed by atoms with Crippen LogP contribution >= 0.6 is 0 Å². The second kappa shape index (κ2) is 15.4. The minimum atomic E-state index is -1.41. The number of carboxylic acid groups (broad SMARTS) is 1. The molecule has 2 saturated heterocycles. The topological polar surface area (TPSA) is 138 Å². The number of carboxylic acids is 1. The molecule has 3 aromatic rings. The fraction of sp³-hybridized carbons (Fsp3) is 0.488. The van der Waals surface area contributed by atoms with Crippen LogP contribution in [0.4, 0.5) is 0 Å². The Kier molecular flexibility index (Phi) is 10.5. The minimum absolute atomic E-state index is 0.0234. The van der Waals surface area contributed by atoms with Crippen molar-refractivity contribution < 1.29 is 33.8 Å². The summed E-state index contributed by atoms with van der Waals surface area (Å²) in [6.45, 7) is 1.52. The molecule has 7 rings (SSSR count). The van der Waals surface area contributed by atoms with Gasteiger partial charge in [-0.3, -0.25) is 14.4 Å². The maximum absolute atomic E-state index is 14.6. The van der Waals surface area contributed by atoms with Gasteiger partial charge in [0.05, 0.1) is 24.9 Å². The quantitative estimate of drug-likeness (QED) is 0.296. The van der Waals surface area contributed by atoms with E-state index in [1.807, 2.05) is 71.6 Å². The Morgan fingerprint density at radius 1 is 1.00 bits per heavy atom. The Morgan fingerprint density at radius 3 is 2.56 bits per heavy atom. The number of methoxy groups -OCH3 is 1. The standard InChI is InChI=1S/C41H48N4O7/c1-51-30-17-18-32-34(22-30)42-33(27-13-8-5-9-14-27)24-36(32)52-31-23-35-38(47)43-41(40(49)50)25-29(41)16-10-4-2-3-7-15-28(39(48)45(35)26-31)21-37(46)44-19-11-6-12-20-44/h5,8-10,13-14,16-18,22,24,28-29,31,35H,2-4,6-7,11-12,15,19-21,23,25-26H2,1H3,(H,43,47)(H,49,50)/b16-10-/t28-,29?,31+,35-,41?/m0/s1. The lowest BCUT2D eigenvalue weighted by Crippen LogP contribution is -2.54. The summed E-state index contributed by atoms with van der Waals surface area (Å²) in [4.78, 5) is 63.2. The largest absolute Gasteiger partial charge is 0.497 e. The van der Waals surface area contributed by atoms with Crippen molar-refractivity contribution in [1.29, 1.82) is 0 Å². The molecule has 2 N–H and O–H groups in total. The highest BCUT2D eigenvalue weighted by atomic mass is 16.5. The first-order valence-corrected chi connectivity index (χ1v) is 18.8. The number of likely N-dealkylation sites (tertiary alicyclic amines) is 1. The number of ether oxygens (including phenoxy) is 2. The normalized spacial score (nSPS) is 27.4. The highest BCUT2D eigenvalue weighted by molar-refractivity contribution is 5.96. The predicted molar refractivity (Wildman–Crippen MR) is 196 cm³/mol. The Bertz CT molecular complexity index is 1840. The van der Waals surface area contributed by atoms with E-state index in [2.05, 4.69) is 5.32 Å². The SMILES string of the molecule is COc1ccc2c(O[C@@H]3C[C@H]4C(=O)NC5(C(=O)O)CC5/C=C\CCCCC[C@@H](CC(=O)N5CCCCC5)C(=O)N4C3)cc(-c3ccccc3)nc2c1. The van der Waals surface area contributed by atoms with Crippen molar-refractivity contribution in [3.8, 4) is 22.8 Å². The molecule has 0 radical (unpaired) electrons. The van der Waals surface area contributed by atoms with E-state index in [1.165, 1.54) is 0 Å². The Hall–Kier alpha value is -4.93. The number of aromatic nitrogens is 1. The van der Waals surface area contributed by atoms with E-state index in [9.17, 15) is 24.3 Å². The van der Waals surface area contributed by atoms with Gasteiger partial charge in [0.2, 0.25) is 17.7 Å². The zero-order chi connectivity index (χ0) is 36.2. The second-order valence-corrected chi connectivity index (χ2v) is 14.7. The van der Waals surface area contributed by atoms with E-state index in [0.717, 1.165) is 55.9 Å². The molecule has 2 unspecified atom stereocenters. The van der Waals surface area contributed by atoms with Crippen LogP contribution in [0.2, 0.25) is 0 Å². The van der Waals surface area contributed by atoms with Crippen LogP contribution in [0.25, 0.3) is 22.2 Å². The van der Waals surface area contributed by atoms with Gasteiger partial charge < -0.3 is 29.7 Å². The summed E-state index contributed by atoms with van der Waals surface area (Å²) in [7, 11) is 1.60. The van der Waals surface area contributed by atoms with Gasteiger partial charge in [-0.05, 0) is 57.1 Å². The summed E-state index contributed by atoms with van der Waals surface area (Å²) in [5, 5.41) is 13.9. The summed E-state index contributed by atoms with van der Waals surface area (Å²) < 4.78 is 12.2. The molecule has 0 spiro atoms. The van der Waals surface area contributed by atoms with Crippen LogP contribution in [0.15, 0.2) is 66.7 Å². The number of pyridine rings is 1. The number of carbonyl (C=O) groups is 4. The van der Waals surface area contributed by atoms with Crippen molar-refractivity contribution in [3.05, 3.63) is 66.7 Å². The van der Waals surface area contributed by atoms with E-state index >= 15 is 0 Å². The molecule has 4 aliphatic rings. The monoisotopic (exact) mass is 708 g/mol. The summed E-state index contributed by atoms with van der Waals surface area (Å²) in [5.41, 5.74) is 0.866. The highest BCUT2D eigenvalue weighted by Gasteiger charge is 2.61. The lowest BCUT2D eigenvalue weighted by Gasteiger charge is -2.31. The Balaban J connectivity index is 1.21. The van der Waals surface area contributed by atoms with Gasteiger partial charge in [0.1, 0.15) is 29.2 Å². The molecule has 1 aromatic heterocycles. The Labute approximate surface area is 304 Å². The van der Waals surface area contributed by atoms with E-state index < -0.39 is 35.5 Å². The highest BCUT2D eigenvalue weighted by Crippen LogP contribution is 2.45. The van der Waals surface area contributed by atoms with Gasteiger partial charge in [-0.25, -0.2) is 9.78 Å². The van der Waals surface area contributed by atoms with Gasteiger partial charge in [-0.2, -0.15) is 0 Å². The lowest BCUT2D eigenvalue weighted by atomic mass is 9.94. The minimum Gasteiger partial charge on any atom is -0.497 e. The van der Waals surface area contributed by atoms with Crippen LogP contribution in [0.3, 0.4) is 0 Å². The third-order valence-corrected chi connectivity index (χ3v) is 11.2. The molecule has 4 heterocycles. The smallest absolute Gasteiger partial charge is 0.330 e. The molecule has 0 bridgehead atoms.